The van der Waals surface area contributed by atoms with Crippen LogP contribution in [0.15, 0.2) is 54.6 Å². The van der Waals surface area contributed by atoms with Crippen LogP contribution in [0.1, 0.15) is 13.3 Å². The summed E-state index contributed by atoms with van der Waals surface area (Å²) in [5, 5.41) is 18.8. The van der Waals surface area contributed by atoms with E-state index in [0.717, 1.165) is 40.6 Å². The van der Waals surface area contributed by atoms with E-state index in [1.807, 2.05) is 30.3 Å². The lowest BCUT2D eigenvalue weighted by atomic mass is 10.1. The third-order valence-electron chi connectivity index (χ3n) is 3.84. The van der Waals surface area contributed by atoms with E-state index < -0.39 is 0 Å². The molecule has 0 aliphatic heterocycles. The first kappa shape index (κ1) is 13.7. The second-order valence-corrected chi connectivity index (χ2v) is 5.45. The summed E-state index contributed by atoms with van der Waals surface area (Å²) in [6, 6.07) is 18.4. The predicted molar refractivity (Wildman–Crippen MR) is 92.5 cm³/mol. The Bertz CT molecular complexity index is 959. The summed E-state index contributed by atoms with van der Waals surface area (Å²) >= 11 is 0. The van der Waals surface area contributed by atoms with Crippen LogP contribution in [0.3, 0.4) is 0 Å². The Balaban J connectivity index is 2.03. The van der Waals surface area contributed by atoms with Gasteiger partial charge >= 0.3 is 0 Å². The zero-order valence-electron chi connectivity index (χ0n) is 12.9. The number of benzene rings is 2. The number of nitrogens with one attached hydrogen (secondary N) is 1. The van der Waals surface area contributed by atoms with Crippen molar-refractivity contribution in [2.75, 3.05) is 11.9 Å². The minimum Gasteiger partial charge on any atom is -0.353 e. The number of hydrogen-bond donors (Lipinski definition) is 1. The lowest BCUT2D eigenvalue weighted by Crippen LogP contribution is -2.06. The van der Waals surface area contributed by atoms with E-state index in [0.29, 0.717) is 5.95 Å². The molecule has 0 bridgehead atoms. The smallest absolute Gasteiger partial charge is 0.246 e. The molecule has 0 radical (unpaired) electrons. The van der Waals surface area contributed by atoms with Crippen molar-refractivity contribution in [1.82, 2.24) is 19.8 Å². The van der Waals surface area contributed by atoms with E-state index in [2.05, 4.69) is 46.7 Å². The van der Waals surface area contributed by atoms with E-state index in [-0.39, 0.29) is 0 Å². The molecular formula is C18H17N5. The van der Waals surface area contributed by atoms with Gasteiger partial charge in [-0.1, -0.05) is 61.5 Å². The van der Waals surface area contributed by atoms with Gasteiger partial charge in [0.1, 0.15) is 0 Å². The Morgan fingerprint density at radius 1 is 0.913 bits per heavy atom. The van der Waals surface area contributed by atoms with Crippen molar-refractivity contribution in [3.05, 3.63) is 54.6 Å². The van der Waals surface area contributed by atoms with Gasteiger partial charge in [0.15, 0.2) is 5.65 Å². The fourth-order valence-corrected chi connectivity index (χ4v) is 2.74. The van der Waals surface area contributed by atoms with E-state index in [4.69, 9.17) is 5.10 Å². The second-order valence-electron chi connectivity index (χ2n) is 5.45. The molecule has 114 valence electrons. The summed E-state index contributed by atoms with van der Waals surface area (Å²) in [7, 11) is 0. The highest BCUT2D eigenvalue weighted by atomic mass is 15.4. The van der Waals surface area contributed by atoms with Crippen molar-refractivity contribution < 1.29 is 0 Å². The van der Waals surface area contributed by atoms with Crippen LogP contribution in [0.4, 0.5) is 5.95 Å². The lowest BCUT2D eigenvalue weighted by molar-refractivity contribution is 0.899. The maximum atomic E-state index is 4.82. The number of fused-ring (bicyclic) bond motifs is 3. The zero-order valence-corrected chi connectivity index (χ0v) is 12.9. The molecule has 1 N–H and O–H groups in total. The summed E-state index contributed by atoms with van der Waals surface area (Å²) in [5.74, 6) is 0.685. The van der Waals surface area contributed by atoms with Gasteiger partial charge in [0.05, 0.1) is 5.69 Å². The van der Waals surface area contributed by atoms with Crippen LogP contribution in [-0.2, 0) is 0 Å². The topological polar surface area (TPSA) is 55.1 Å². The quantitative estimate of drug-likeness (QED) is 0.623. The van der Waals surface area contributed by atoms with Gasteiger partial charge in [-0.3, -0.25) is 0 Å². The van der Waals surface area contributed by atoms with Gasteiger partial charge in [-0.05, 0) is 6.42 Å². The van der Waals surface area contributed by atoms with Crippen LogP contribution in [0, 0.1) is 0 Å². The van der Waals surface area contributed by atoms with Crippen molar-refractivity contribution in [2.24, 2.45) is 0 Å². The highest BCUT2D eigenvalue weighted by Gasteiger charge is 2.14. The Morgan fingerprint density at radius 2 is 1.65 bits per heavy atom. The molecule has 5 heteroatoms. The summed E-state index contributed by atoms with van der Waals surface area (Å²) in [5.41, 5.74) is 2.80. The summed E-state index contributed by atoms with van der Waals surface area (Å²) in [6.45, 7) is 2.96. The van der Waals surface area contributed by atoms with Crippen molar-refractivity contribution in [3.63, 3.8) is 0 Å². The minimum absolute atomic E-state index is 0.685. The fourth-order valence-electron chi connectivity index (χ4n) is 2.74. The minimum atomic E-state index is 0.685. The van der Waals surface area contributed by atoms with E-state index in [1.165, 1.54) is 0 Å². The van der Waals surface area contributed by atoms with E-state index in [9.17, 15) is 0 Å². The lowest BCUT2D eigenvalue weighted by Gasteiger charge is -2.08. The Hall–Kier alpha value is -2.95. The molecule has 0 unspecified atom stereocenters. The van der Waals surface area contributed by atoms with Gasteiger partial charge in [0.25, 0.3) is 0 Å². The van der Waals surface area contributed by atoms with Crippen molar-refractivity contribution in [3.8, 4) is 11.3 Å². The summed E-state index contributed by atoms with van der Waals surface area (Å²) < 4.78 is 1.81. The molecule has 4 aromatic rings. The Morgan fingerprint density at radius 3 is 2.43 bits per heavy atom. The summed E-state index contributed by atoms with van der Waals surface area (Å²) in [6.07, 6.45) is 1.02. The first-order valence-electron chi connectivity index (χ1n) is 7.82. The largest absolute Gasteiger partial charge is 0.353 e. The van der Waals surface area contributed by atoms with Crippen LogP contribution in [0.25, 0.3) is 27.7 Å². The molecule has 2 aromatic carbocycles. The number of aromatic nitrogens is 4. The molecule has 5 nitrogen and oxygen atoms in total. The normalized spacial score (nSPS) is 11.2. The van der Waals surface area contributed by atoms with Crippen LogP contribution < -0.4 is 5.32 Å². The third kappa shape index (κ3) is 2.30. The molecule has 23 heavy (non-hydrogen) atoms. The van der Waals surface area contributed by atoms with Crippen LogP contribution in [-0.4, -0.2) is 26.4 Å². The first-order chi connectivity index (χ1) is 11.4. The maximum Gasteiger partial charge on any atom is 0.246 e. The van der Waals surface area contributed by atoms with Gasteiger partial charge in [-0.15, -0.1) is 10.2 Å². The van der Waals surface area contributed by atoms with Gasteiger partial charge in [0.2, 0.25) is 5.95 Å². The van der Waals surface area contributed by atoms with Crippen LogP contribution in [0.2, 0.25) is 0 Å². The molecule has 0 atom stereocenters. The molecule has 0 aliphatic rings. The van der Waals surface area contributed by atoms with Gasteiger partial charge < -0.3 is 5.32 Å². The van der Waals surface area contributed by atoms with E-state index >= 15 is 0 Å². The maximum absolute atomic E-state index is 4.82. The molecule has 2 heterocycles. The molecule has 2 aromatic heterocycles. The van der Waals surface area contributed by atoms with Crippen LogP contribution in [0.5, 0.6) is 0 Å². The molecule has 0 aliphatic carbocycles. The number of anilines is 1. The zero-order chi connectivity index (χ0) is 15.6. The third-order valence-corrected chi connectivity index (χ3v) is 3.84. The standard InChI is InChI=1S/C18H17N5/c1-2-12-19-18-21-20-17-15-11-7-6-10-14(15)16(22-23(17)18)13-8-4-3-5-9-13/h3-11H,2,12H2,1H3,(H,19,21). The molecule has 4 rings (SSSR count). The average Bonchev–Trinajstić information content (AvgIpc) is 3.03. The fraction of sp³-hybridized carbons (Fsp3) is 0.167. The first-order valence-corrected chi connectivity index (χ1v) is 7.82. The van der Waals surface area contributed by atoms with Gasteiger partial charge in [-0.2, -0.15) is 9.61 Å². The highest BCUT2D eigenvalue weighted by molar-refractivity contribution is 6.01. The molecule has 0 fully saturated rings. The van der Waals surface area contributed by atoms with Crippen molar-refractivity contribution in [1.29, 1.82) is 0 Å². The Labute approximate surface area is 134 Å². The van der Waals surface area contributed by atoms with Gasteiger partial charge in [0, 0.05) is 22.9 Å². The van der Waals surface area contributed by atoms with E-state index in [1.54, 1.807) is 4.52 Å². The number of hydrogen-bond acceptors (Lipinski definition) is 4. The monoisotopic (exact) mass is 303 g/mol. The van der Waals surface area contributed by atoms with Crippen molar-refractivity contribution in [2.45, 2.75) is 13.3 Å². The molecule has 0 amide bonds. The molecule has 0 saturated heterocycles. The second kappa shape index (κ2) is 5.68. The number of nitrogens with zero attached hydrogens (tertiary/aromatic N) is 4. The highest BCUT2D eigenvalue weighted by Crippen LogP contribution is 2.29. The SMILES string of the molecule is CCCNc1nnc2c3ccccc3c(-c3ccccc3)nn12. The average molecular weight is 303 g/mol. The number of rotatable bonds is 4. The molecule has 0 saturated carbocycles. The Kier molecular flexibility index (Phi) is 3.38. The van der Waals surface area contributed by atoms with Gasteiger partial charge in [-0.25, -0.2) is 0 Å². The predicted octanol–water partition coefficient (Wildman–Crippen LogP) is 3.77. The van der Waals surface area contributed by atoms with Crippen LogP contribution >= 0.6 is 0 Å². The summed E-state index contributed by atoms with van der Waals surface area (Å²) in [4.78, 5) is 0. The molecule has 0 spiro atoms. The van der Waals surface area contributed by atoms with Crippen molar-refractivity contribution >= 4 is 22.4 Å². The molecular weight excluding hydrogens is 286 g/mol.